The Morgan fingerprint density at radius 3 is 2.62 bits per heavy atom. The van der Waals surface area contributed by atoms with Gasteiger partial charge in [0.05, 0.1) is 6.04 Å². The normalized spacial score (nSPS) is 37.9. The monoisotopic (exact) mass is 441 g/mol. The molecule has 0 aromatic heterocycles. The zero-order valence-electron chi connectivity index (χ0n) is 19.6. The van der Waals surface area contributed by atoms with E-state index in [2.05, 4.69) is 79.1 Å². The quantitative estimate of drug-likeness (QED) is 0.428. The maximum Gasteiger partial charge on any atom is 0.0840 e. The molecule has 0 bridgehead atoms. The third-order valence-corrected chi connectivity index (χ3v) is 11.1. The lowest BCUT2D eigenvalue weighted by molar-refractivity contribution is 0.222. The van der Waals surface area contributed by atoms with Crippen LogP contribution in [0, 0.1) is 11.8 Å². The van der Waals surface area contributed by atoms with E-state index in [0.717, 1.165) is 5.92 Å². The predicted octanol–water partition coefficient (Wildman–Crippen LogP) is 7.97. The topological polar surface area (TPSA) is 3.24 Å². The van der Waals surface area contributed by atoms with Crippen LogP contribution in [0.2, 0.25) is 0 Å². The van der Waals surface area contributed by atoms with Crippen molar-refractivity contribution in [3.63, 3.8) is 0 Å². The van der Waals surface area contributed by atoms with Crippen molar-refractivity contribution in [3.8, 4) is 0 Å². The number of hydrogen-bond acceptors (Lipinski definition) is 2. The highest BCUT2D eigenvalue weighted by Crippen LogP contribution is 2.70. The highest BCUT2D eigenvalue weighted by Gasteiger charge is 2.70. The van der Waals surface area contributed by atoms with Gasteiger partial charge in [-0.3, -0.25) is 0 Å². The lowest BCUT2D eigenvalue weighted by Crippen LogP contribution is -2.50. The van der Waals surface area contributed by atoms with Gasteiger partial charge in [-0.1, -0.05) is 74.4 Å². The van der Waals surface area contributed by atoms with Gasteiger partial charge in [-0.05, 0) is 79.6 Å². The van der Waals surface area contributed by atoms with Crippen molar-refractivity contribution < 1.29 is 0 Å². The van der Waals surface area contributed by atoms with Crippen LogP contribution in [0.15, 0.2) is 64.0 Å². The fraction of sp³-hybridized carbons (Fsp3) is 0.533. The molecule has 2 fully saturated rings. The first-order valence-electron chi connectivity index (χ1n) is 13.0. The third kappa shape index (κ3) is 2.54. The average molecular weight is 442 g/mol. The lowest BCUT2D eigenvalue weighted by Gasteiger charge is -2.49. The molecule has 0 saturated heterocycles. The summed E-state index contributed by atoms with van der Waals surface area (Å²) in [6, 6.07) is 9.72. The molecule has 3 heterocycles. The first-order valence-corrected chi connectivity index (χ1v) is 13.8. The van der Waals surface area contributed by atoms with Crippen molar-refractivity contribution in [2.45, 2.75) is 88.6 Å². The maximum absolute atomic E-state index is 2.91. The Bertz CT molecular complexity index is 1100. The van der Waals surface area contributed by atoms with E-state index in [1.54, 1.807) is 20.9 Å². The fourth-order valence-corrected chi connectivity index (χ4v) is 9.30. The van der Waals surface area contributed by atoms with Crippen molar-refractivity contribution in [1.82, 2.24) is 4.90 Å². The number of hydrogen-bond donors (Lipinski definition) is 0. The van der Waals surface area contributed by atoms with E-state index < -0.39 is 0 Å². The molecule has 1 nitrogen and oxygen atoms in total. The molecule has 3 aliphatic carbocycles. The van der Waals surface area contributed by atoms with Crippen LogP contribution in [0.3, 0.4) is 0 Å². The van der Waals surface area contributed by atoms with Crippen molar-refractivity contribution in [2.24, 2.45) is 11.8 Å². The Labute approximate surface area is 197 Å². The Kier molecular flexibility index (Phi) is 4.27. The highest BCUT2D eigenvalue weighted by molar-refractivity contribution is 8.07. The van der Waals surface area contributed by atoms with Gasteiger partial charge >= 0.3 is 0 Å². The van der Waals surface area contributed by atoms with E-state index in [4.69, 9.17) is 0 Å². The van der Waals surface area contributed by atoms with Crippen molar-refractivity contribution >= 4 is 17.5 Å². The van der Waals surface area contributed by atoms with E-state index in [9.17, 15) is 0 Å². The number of rotatable bonds is 2. The molecule has 2 saturated carbocycles. The first kappa shape index (κ1) is 19.8. The van der Waals surface area contributed by atoms with Crippen LogP contribution < -0.4 is 0 Å². The largest absolute Gasteiger partial charge is 0.353 e. The van der Waals surface area contributed by atoms with Crippen molar-refractivity contribution in [3.05, 3.63) is 75.1 Å². The minimum Gasteiger partial charge on any atom is -0.353 e. The molecule has 7 rings (SSSR count). The summed E-state index contributed by atoms with van der Waals surface area (Å²) in [5.74, 6) is 1.43. The van der Waals surface area contributed by atoms with Crippen LogP contribution in [0.5, 0.6) is 0 Å². The van der Waals surface area contributed by atoms with Gasteiger partial charge in [0.25, 0.3) is 0 Å². The first-order chi connectivity index (χ1) is 15.6. The molecule has 0 amide bonds. The van der Waals surface area contributed by atoms with Crippen LogP contribution in [0.25, 0.3) is 5.70 Å². The van der Waals surface area contributed by atoms with Crippen LogP contribution >= 0.6 is 11.8 Å². The van der Waals surface area contributed by atoms with Gasteiger partial charge in [0, 0.05) is 33.0 Å². The second-order valence-corrected chi connectivity index (χ2v) is 12.6. The SMILES string of the molecule is CC12CC1(C)N1C(=CC=C3SC(C4CCCCC4)=C(C4C=CCCC4)C31)c1ccccc12. The molecule has 3 aliphatic heterocycles. The lowest BCUT2D eigenvalue weighted by atomic mass is 9.76. The molecule has 1 aromatic rings. The van der Waals surface area contributed by atoms with E-state index in [-0.39, 0.29) is 11.0 Å². The van der Waals surface area contributed by atoms with E-state index >= 15 is 0 Å². The summed E-state index contributed by atoms with van der Waals surface area (Å²) in [6.45, 7) is 5.08. The molecule has 4 unspecified atom stereocenters. The van der Waals surface area contributed by atoms with Crippen molar-refractivity contribution in [1.29, 1.82) is 0 Å². The fourth-order valence-electron chi connectivity index (χ4n) is 7.78. The van der Waals surface area contributed by atoms with Gasteiger partial charge in [0.1, 0.15) is 0 Å². The van der Waals surface area contributed by atoms with Crippen LogP contribution in [-0.2, 0) is 5.41 Å². The zero-order valence-corrected chi connectivity index (χ0v) is 20.4. The summed E-state index contributed by atoms with van der Waals surface area (Å²) >= 11 is 2.18. The molecule has 1 aromatic carbocycles. The second-order valence-electron chi connectivity index (χ2n) is 11.4. The molecular weight excluding hydrogens is 406 g/mol. The van der Waals surface area contributed by atoms with Gasteiger partial charge in [-0.15, -0.1) is 0 Å². The summed E-state index contributed by atoms with van der Waals surface area (Å²) in [5.41, 5.74) is 6.83. The van der Waals surface area contributed by atoms with E-state index in [0.29, 0.717) is 12.0 Å². The van der Waals surface area contributed by atoms with Gasteiger partial charge in [0.2, 0.25) is 0 Å². The summed E-state index contributed by atoms with van der Waals surface area (Å²) < 4.78 is 0. The predicted molar refractivity (Wildman–Crippen MR) is 136 cm³/mol. The molecule has 2 heteroatoms. The van der Waals surface area contributed by atoms with E-state index in [1.165, 1.54) is 69.0 Å². The summed E-state index contributed by atoms with van der Waals surface area (Å²) in [7, 11) is 0. The standard InChI is InChI=1S/C30H35NS/c1-29-19-30(29,2)31-24(22-15-9-10-16-23(22)29)17-18-25-27(31)26(20-11-5-3-6-12-20)28(32-25)21-13-7-4-8-14-21/h5,9-11,15-18,20-21,27H,3-4,6-8,12-14,19H2,1-2H3. The summed E-state index contributed by atoms with van der Waals surface area (Å²) in [5, 5.41) is 0. The smallest absolute Gasteiger partial charge is 0.0840 e. The molecule has 166 valence electrons. The molecule has 32 heavy (non-hydrogen) atoms. The summed E-state index contributed by atoms with van der Waals surface area (Å²) in [6.07, 6.45) is 22.3. The Balaban J connectivity index is 1.40. The van der Waals surface area contributed by atoms with Crippen LogP contribution in [-0.4, -0.2) is 16.5 Å². The molecule has 0 N–H and O–H groups in total. The van der Waals surface area contributed by atoms with Gasteiger partial charge in [-0.2, -0.15) is 0 Å². The molecule has 4 atom stereocenters. The number of fused-ring (bicyclic) bond motifs is 8. The third-order valence-electron chi connectivity index (χ3n) is 9.72. The van der Waals surface area contributed by atoms with Crippen molar-refractivity contribution in [2.75, 3.05) is 0 Å². The number of allylic oxidation sites excluding steroid dienone is 5. The molecule has 0 radical (unpaired) electrons. The summed E-state index contributed by atoms with van der Waals surface area (Å²) in [4.78, 5) is 6.29. The van der Waals surface area contributed by atoms with Gasteiger partial charge in [-0.25, -0.2) is 0 Å². The molecule has 6 aliphatic rings. The number of thioether (sulfide) groups is 1. The average Bonchev–Trinajstić information content (AvgIpc) is 3.24. The molecule has 0 spiro atoms. The van der Waals surface area contributed by atoms with Crippen LogP contribution in [0.4, 0.5) is 0 Å². The molecular formula is C30H35NS. The Morgan fingerprint density at radius 1 is 0.969 bits per heavy atom. The maximum atomic E-state index is 2.91. The van der Waals surface area contributed by atoms with E-state index in [1.807, 2.05) is 0 Å². The second kappa shape index (κ2) is 6.92. The number of nitrogens with zero attached hydrogens (tertiary/aromatic N) is 1. The van der Waals surface area contributed by atoms with Gasteiger partial charge in [0.15, 0.2) is 0 Å². The minimum absolute atomic E-state index is 0.226. The minimum atomic E-state index is 0.226. The van der Waals surface area contributed by atoms with Gasteiger partial charge < -0.3 is 4.90 Å². The van der Waals surface area contributed by atoms with Crippen LogP contribution in [0.1, 0.15) is 82.8 Å². The zero-order chi connectivity index (χ0) is 21.5. The number of benzene rings is 1. The Hall–Kier alpha value is -1.67. The highest BCUT2D eigenvalue weighted by atomic mass is 32.2. The Morgan fingerprint density at radius 2 is 1.81 bits per heavy atom.